The van der Waals surface area contributed by atoms with Crippen molar-refractivity contribution in [1.82, 2.24) is 4.90 Å². The van der Waals surface area contributed by atoms with Crippen molar-refractivity contribution in [3.63, 3.8) is 0 Å². The number of sulfonamides is 1. The quantitative estimate of drug-likeness (QED) is 0.832. The van der Waals surface area contributed by atoms with E-state index in [1.54, 1.807) is 4.90 Å². The van der Waals surface area contributed by atoms with Gasteiger partial charge in [-0.3, -0.25) is 4.79 Å². The Morgan fingerprint density at radius 2 is 1.96 bits per heavy atom. The standard InChI is InChI=1S/C16H25N3O3S/c1-18(2)15-6-3-13(4-7-15)5-8-16(20)19-10-9-14(11-19)12-23(17,21)22/h3-4,6-7,14H,5,8-12H2,1-2H3,(H2,17,21,22)/t14-/m1/s1. The zero-order chi connectivity index (χ0) is 17.0. The Bertz CT molecular complexity index is 641. The monoisotopic (exact) mass is 339 g/mol. The molecule has 128 valence electrons. The van der Waals surface area contributed by atoms with Crippen molar-refractivity contribution < 1.29 is 13.2 Å². The largest absolute Gasteiger partial charge is 0.378 e. The third-order valence-corrected chi connectivity index (χ3v) is 5.12. The van der Waals surface area contributed by atoms with Gasteiger partial charge in [0.15, 0.2) is 0 Å². The second kappa shape index (κ2) is 7.31. The van der Waals surface area contributed by atoms with Gasteiger partial charge in [0.25, 0.3) is 0 Å². The van der Waals surface area contributed by atoms with Gasteiger partial charge < -0.3 is 9.80 Å². The first-order valence-electron chi connectivity index (χ1n) is 7.79. The number of aryl methyl sites for hydroxylation is 1. The van der Waals surface area contributed by atoms with Gasteiger partial charge in [-0.05, 0) is 36.5 Å². The van der Waals surface area contributed by atoms with Crippen molar-refractivity contribution in [3.05, 3.63) is 29.8 Å². The van der Waals surface area contributed by atoms with Crippen LogP contribution in [0.25, 0.3) is 0 Å². The Balaban J connectivity index is 1.81. The highest BCUT2D eigenvalue weighted by atomic mass is 32.2. The number of hydrogen-bond donors (Lipinski definition) is 1. The smallest absolute Gasteiger partial charge is 0.222 e. The number of hydrogen-bond acceptors (Lipinski definition) is 4. The van der Waals surface area contributed by atoms with Crippen LogP contribution < -0.4 is 10.0 Å². The van der Waals surface area contributed by atoms with Gasteiger partial charge in [-0.15, -0.1) is 0 Å². The lowest BCUT2D eigenvalue weighted by atomic mass is 10.1. The molecule has 23 heavy (non-hydrogen) atoms. The third-order valence-electron chi connectivity index (χ3n) is 4.19. The van der Waals surface area contributed by atoms with Crippen molar-refractivity contribution in [2.45, 2.75) is 19.3 Å². The molecule has 2 N–H and O–H groups in total. The number of benzene rings is 1. The lowest BCUT2D eigenvalue weighted by Crippen LogP contribution is -2.30. The van der Waals surface area contributed by atoms with Crippen LogP contribution in [0.3, 0.4) is 0 Å². The molecule has 1 aromatic carbocycles. The molecule has 6 nitrogen and oxygen atoms in total. The fraction of sp³-hybridized carbons (Fsp3) is 0.562. The molecule has 0 aliphatic carbocycles. The molecule has 0 bridgehead atoms. The van der Waals surface area contributed by atoms with Crippen LogP contribution in [0.15, 0.2) is 24.3 Å². The molecule has 1 fully saturated rings. The van der Waals surface area contributed by atoms with E-state index in [4.69, 9.17) is 5.14 Å². The summed E-state index contributed by atoms with van der Waals surface area (Å²) in [5, 5.41) is 5.07. The van der Waals surface area contributed by atoms with E-state index in [2.05, 4.69) is 0 Å². The fourth-order valence-electron chi connectivity index (χ4n) is 2.89. The molecule has 1 aliphatic rings. The van der Waals surface area contributed by atoms with Crippen LogP contribution in [0, 0.1) is 5.92 Å². The molecule has 1 amide bonds. The summed E-state index contributed by atoms with van der Waals surface area (Å²) in [4.78, 5) is 16.0. The number of primary sulfonamides is 1. The molecular weight excluding hydrogens is 314 g/mol. The van der Waals surface area contributed by atoms with E-state index in [0.717, 1.165) is 11.3 Å². The van der Waals surface area contributed by atoms with E-state index in [0.29, 0.717) is 32.4 Å². The van der Waals surface area contributed by atoms with Crippen molar-refractivity contribution in [1.29, 1.82) is 0 Å². The first-order valence-corrected chi connectivity index (χ1v) is 9.50. The maximum absolute atomic E-state index is 12.2. The average molecular weight is 339 g/mol. The van der Waals surface area contributed by atoms with Crippen LogP contribution in [-0.4, -0.2) is 52.2 Å². The number of anilines is 1. The van der Waals surface area contributed by atoms with Gasteiger partial charge in [-0.2, -0.15) is 0 Å². The van der Waals surface area contributed by atoms with Crippen LogP contribution in [-0.2, 0) is 21.2 Å². The molecule has 1 aromatic rings. The van der Waals surface area contributed by atoms with Gasteiger partial charge in [-0.25, -0.2) is 13.6 Å². The molecule has 0 aromatic heterocycles. The molecule has 1 saturated heterocycles. The highest BCUT2D eigenvalue weighted by molar-refractivity contribution is 7.89. The van der Waals surface area contributed by atoms with E-state index in [1.807, 2.05) is 43.3 Å². The number of likely N-dealkylation sites (tertiary alicyclic amines) is 1. The number of nitrogens with two attached hydrogens (primary N) is 1. The summed E-state index contributed by atoms with van der Waals surface area (Å²) in [6.07, 6.45) is 1.85. The number of amides is 1. The summed E-state index contributed by atoms with van der Waals surface area (Å²) in [6, 6.07) is 8.16. The molecule has 7 heteroatoms. The van der Waals surface area contributed by atoms with E-state index in [9.17, 15) is 13.2 Å². The highest BCUT2D eigenvalue weighted by Crippen LogP contribution is 2.19. The predicted octanol–water partition coefficient (Wildman–Crippen LogP) is 0.822. The van der Waals surface area contributed by atoms with E-state index < -0.39 is 10.0 Å². The summed E-state index contributed by atoms with van der Waals surface area (Å²) in [7, 11) is 0.515. The van der Waals surface area contributed by atoms with Crippen LogP contribution >= 0.6 is 0 Å². The Hall–Kier alpha value is -1.60. The zero-order valence-corrected chi connectivity index (χ0v) is 14.6. The fourth-order valence-corrected chi connectivity index (χ4v) is 3.82. The second-order valence-corrected chi connectivity index (χ2v) is 8.04. The number of carbonyl (C=O) groups is 1. The van der Waals surface area contributed by atoms with E-state index >= 15 is 0 Å². The zero-order valence-electron chi connectivity index (χ0n) is 13.7. The molecule has 2 rings (SSSR count). The maximum atomic E-state index is 12.2. The first kappa shape index (κ1) is 17.7. The van der Waals surface area contributed by atoms with Crippen LogP contribution in [0.1, 0.15) is 18.4 Å². The van der Waals surface area contributed by atoms with Crippen LogP contribution in [0.4, 0.5) is 5.69 Å². The lowest BCUT2D eigenvalue weighted by molar-refractivity contribution is -0.130. The minimum Gasteiger partial charge on any atom is -0.378 e. The van der Waals surface area contributed by atoms with Gasteiger partial charge in [0, 0.05) is 39.3 Å². The molecular formula is C16H25N3O3S. The maximum Gasteiger partial charge on any atom is 0.222 e. The summed E-state index contributed by atoms with van der Waals surface area (Å²) in [5.41, 5.74) is 2.26. The minimum atomic E-state index is -3.47. The van der Waals surface area contributed by atoms with Crippen molar-refractivity contribution in [3.8, 4) is 0 Å². The Morgan fingerprint density at radius 1 is 1.30 bits per heavy atom. The van der Waals surface area contributed by atoms with Crippen molar-refractivity contribution >= 4 is 21.6 Å². The van der Waals surface area contributed by atoms with Crippen molar-refractivity contribution in [2.75, 3.05) is 37.8 Å². The predicted molar refractivity (Wildman–Crippen MR) is 91.8 cm³/mol. The molecule has 0 saturated carbocycles. The molecule has 1 aliphatic heterocycles. The lowest BCUT2D eigenvalue weighted by Gasteiger charge is -2.17. The third kappa shape index (κ3) is 5.51. The Kier molecular flexibility index (Phi) is 5.64. The van der Waals surface area contributed by atoms with E-state index in [-0.39, 0.29) is 17.6 Å². The second-order valence-electron chi connectivity index (χ2n) is 6.38. The molecule has 0 unspecified atom stereocenters. The molecule has 1 atom stereocenters. The minimum absolute atomic E-state index is 0.0340. The molecule has 1 heterocycles. The topological polar surface area (TPSA) is 83.7 Å². The Morgan fingerprint density at radius 3 is 2.52 bits per heavy atom. The first-order chi connectivity index (χ1) is 10.7. The average Bonchev–Trinajstić information content (AvgIpc) is 2.91. The summed E-state index contributed by atoms with van der Waals surface area (Å²) < 4.78 is 22.2. The summed E-state index contributed by atoms with van der Waals surface area (Å²) in [5.74, 6) is 0.00917. The molecule has 0 spiro atoms. The van der Waals surface area contributed by atoms with E-state index in [1.165, 1.54) is 0 Å². The highest BCUT2D eigenvalue weighted by Gasteiger charge is 2.28. The summed E-state index contributed by atoms with van der Waals surface area (Å²) in [6.45, 7) is 1.12. The number of rotatable bonds is 6. The van der Waals surface area contributed by atoms with Gasteiger partial charge in [0.2, 0.25) is 15.9 Å². The Labute approximate surface area is 138 Å². The van der Waals surface area contributed by atoms with Gasteiger partial charge >= 0.3 is 0 Å². The van der Waals surface area contributed by atoms with Crippen molar-refractivity contribution in [2.24, 2.45) is 11.1 Å². The van der Waals surface area contributed by atoms with Crippen LogP contribution in [0.5, 0.6) is 0 Å². The normalized spacial score (nSPS) is 18.2. The number of carbonyl (C=O) groups excluding carboxylic acids is 1. The SMILES string of the molecule is CN(C)c1ccc(CCC(=O)N2CC[C@@H](CS(N)(=O)=O)C2)cc1. The summed E-state index contributed by atoms with van der Waals surface area (Å²) >= 11 is 0. The van der Waals surface area contributed by atoms with Crippen LogP contribution in [0.2, 0.25) is 0 Å². The van der Waals surface area contributed by atoms with Gasteiger partial charge in [0.05, 0.1) is 5.75 Å². The molecule has 0 radical (unpaired) electrons. The van der Waals surface area contributed by atoms with Gasteiger partial charge in [0.1, 0.15) is 0 Å². The number of nitrogens with zero attached hydrogens (tertiary/aromatic N) is 2. The van der Waals surface area contributed by atoms with Gasteiger partial charge in [-0.1, -0.05) is 12.1 Å².